The topological polar surface area (TPSA) is 182 Å². The number of carbonyl (C=O) groups excluding carboxylic acids is 4. The first-order valence-corrected chi connectivity index (χ1v) is 22.4. The summed E-state index contributed by atoms with van der Waals surface area (Å²) >= 11 is 0. The Morgan fingerprint density at radius 1 is 0.914 bits per heavy atom. The molecule has 5 atom stereocenters. The van der Waals surface area contributed by atoms with Gasteiger partial charge in [0.05, 0.1) is 36.7 Å². The lowest BCUT2D eigenvalue weighted by Crippen LogP contribution is -2.56. The van der Waals surface area contributed by atoms with E-state index in [9.17, 15) is 27.6 Å². The molecule has 14 nitrogen and oxygen atoms in total. The van der Waals surface area contributed by atoms with Gasteiger partial charge in [0.15, 0.2) is 0 Å². The zero-order valence-corrected chi connectivity index (χ0v) is 34.2. The SMILES string of the molecule is COc1cc2nc(-c3ccccc3)cc3c2cc1CCC[C@@H](C)COC(=O)N[C@H]1CCCCCCCCC(C(=O)NS(=O)(=O)C2CC2)NC(=O)[C@@H]2C[C@H](CN2C1=O)O3. The summed E-state index contributed by atoms with van der Waals surface area (Å²) < 4.78 is 46.1. The van der Waals surface area contributed by atoms with E-state index in [1.807, 2.05) is 55.5 Å². The molecule has 58 heavy (non-hydrogen) atoms. The summed E-state index contributed by atoms with van der Waals surface area (Å²) in [6.07, 6.45) is 7.15. The first-order chi connectivity index (χ1) is 28.0. The highest BCUT2D eigenvalue weighted by Gasteiger charge is 2.45. The Hall–Kier alpha value is -4.92. The fraction of sp³-hybridized carbons (Fsp3) is 0.558. The molecule has 0 radical (unpaired) electrons. The highest BCUT2D eigenvalue weighted by atomic mass is 32.2. The van der Waals surface area contributed by atoms with Crippen LogP contribution < -0.4 is 24.8 Å². The monoisotopic (exact) mass is 817 g/mol. The van der Waals surface area contributed by atoms with Crippen LogP contribution in [0, 0.1) is 5.92 Å². The zero-order valence-electron chi connectivity index (χ0n) is 33.4. The van der Waals surface area contributed by atoms with E-state index in [2.05, 4.69) is 15.4 Å². The second kappa shape index (κ2) is 18.3. The van der Waals surface area contributed by atoms with Gasteiger partial charge in [-0.05, 0) is 62.5 Å². The maximum absolute atomic E-state index is 14.6. The third kappa shape index (κ3) is 10.0. The maximum Gasteiger partial charge on any atom is 0.407 e. The maximum atomic E-state index is 14.6. The fourth-order valence-corrected chi connectivity index (χ4v) is 9.61. The van der Waals surface area contributed by atoms with Crippen LogP contribution in [0.2, 0.25) is 0 Å². The van der Waals surface area contributed by atoms with Crippen LogP contribution in [0.25, 0.3) is 22.2 Å². The lowest BCUT2D eigenvalue weighted by atomic mass is 9.99. The molecule has 2 saturated heterocycles. The van der Waals surface area contributed by atoms with Crippen LogP contribution >= 0.6 is 0 Å². The predicted octanol–water partition coefficient (Wildman–Crippen LogP) is 5.55. The third-order valence-corrected chi connectivity index (χ3v) is 13.5. The number of alkyl carbamates (subject to hydrolysis) is 1. The van der Waals surface area contributed by atoms with E-state index in [4.69, 9.17) is 19.2 Å². The third-order valence-electron chi connectivity index (χ3n) is 11.7. The number of rotatable bonds is 5. The van der Waals surface area contributed by atoms with E-state index >= 15 is 0 Å². The van der Waals surface area contributed by atoms with E-state index in [0.29, 0.717) is 61.2 Å². The van der Waals surface area contributed by atoms with Crippen LogP contribution in [0.15, 0.2) is 48.5 Å². The number of fused-ring (bicyclic) bond motifs is 3. The lowest BCUT2D eigenvalue weighted by Gasteiger charge is -2.29. The largest absolute Gasteiger partial charge is 0.496 e. The minimum Gasteiger partial charge on any atom is -0.496 e. The van der Waals surface area contributed by atoms with Gasteiger partial charge in [-0.1, -0.05) is 75.8 Å². The Kier molecular flexibility index (Phi) is 13.0. The summed E-state index contributed by atoms with van der Waals surface area (Å²) in [5.74, 6) is -0.575. The van der Waals surface area contributed by atoms with Gasteiger partial charge in [-0.15, -0.1) is 0 Å². The Morgan fingerprint density at radius 3 is 2.40 bits per heavy atom. The van der Waals surface area contributed by atoms with Crippen molar-refractivity contribution in [2.75, 3.05) is 20.3 Å². The molecule has 3 aromatic rings. The van der Waals surface area contributed by atoms with Gasteiger partial charge < -0.3 is 29.7 Å². The van der Waals surface area contributed by atoms with Crippen LogP contribution in [-0.4, -0.2) is 91.9 Å². The van der Waals surface area contributed by atoms with Gasteiger partial charge in [0.1, 0.15) is 35.7 Å². The Balaban J connectivity index is 1.27. The van der Waals surface area contributed by atoms with Crippen molar-refractivity contribution in [1.82, 2.24) is 25.2 Å². The highest BCUT2D eigenvalue weighted by molar-refractivity contribution is 7.90. The van der Waals surface area contributed by atoms with Crippen molar-refractivity contribution in [1.29, 1.82) is 0 Å². The average Bonchev–Trinajstić information content (AvgIpc) is 4.00. The van der Waals surface area contributed by atoms with Gasteiger partial charge in [-0.2, -0.15) is 0 Å². The van der Waals surface area contributed by atoms with Crippen molar-refractivity contribution in [2.24, 2.45) is 5.92 Å². The van der Waals surface area contributed by atoms with E-state index in [1.165, 1.54) is 4.90 Å². The minimum atomic E-state index is -3.87. The number of aryl methyl sites for hydroxylation is 1. The molecular weight excluding hydrogens is 763 g/mol. The normalized spacial score (nSPS) is 25.6. The van der Waals surface area contributed by atoms with Crippen molar-refractivity contribution >= 4 is 44.7 Å². The van der Waals surface area contributed by atoms with E-state index < -0.39 is 63.3 Å². The second-order valence-corrected chi connectivity index (χ2v) is 18.3. The number of cyclic esters (lactones) is 1. The van der Waals surface area contributed by atoms with Crippen LogP contribution in [0.1, 0.15) is 96.0 Å². The van der Waals surface area contributed by atoms with Gasteiger partial charge >= 0.3 is 6.09 Å². The molecule has 1 saturated carbocycles. The molecule has 1 aliphatic carbocycles. The highest BCUT2D eigenvalue weighted by Crippen LogP contribution is 2.37. The molecule has 3 aliphatic heterocycles. The van der Waals surface area contributed by atoms with Crippen molar-refractivity contribution in [3.05, 3.63) is 54.1 Å². The molecule has 5 bridgehead atoms. The number of nitrogens with zero attached hydrogens (tertiary/aromatic N) is 2. The zero-order chi connectivity index (χ0) is 40.8. The summed E-state index contributed by atoms with van der Waals surface area (Å²) in [6, 6.07) is 12.4. The number of hydrogen-bond donors (Lipinski definition) is 3. The van der Waals surface area contributed by atoms with E-state index in [0.717, 1.165) is 55.0 Å². The van der Waals surface area contributed by atoms with Crippen molar-refractivity contribution in [2.45, 2.75) is 126 Å². The molecular formula is C43H55N5O9S. The number of hydrogen-bond acceptors (Lipinski definition) is 10. The smallest absolute Gasteiger partial charge is 0.407 e. The van der Waals surface area contributed by atoms with Crippen LogP contribution in [-0.2, 0) is 35.6 Å². The molecule has 4 heterocycles. The van der Waals surface area contributed by atoms with Crippen LogP contribution in [0.5, 0.6) is 11.5 Å². The Labute approximate surface area is 340 Å². The molecule has 0 spiro atoms. The number of ether oxygens (including phenoxy) is 3. The molecule has 2 aromatic carbocycles. The minimum absolute atomic E-state index is 0.0155. The first kappa shape index (κ1) is 41.2. The van der Waals surface area contributed by atoms with E-state index in [-0.39, 0.29) is 31.9 Å². The summed E-state index contributed by atoms with van der Waals surface area (Å²) in [6.45, 7) is 2.20. The van der Waals surface area contributed by atoms with Gasteiger partial charge in [0, 0.05) is 29.5 Å². The molecule has 7 rings (SSSR count). The first-order valence-electron chi connectivity index (χ1n) is 20.8. The van der Waals surface area contributed by atoms with Gasteiger partial charge in [0.2, 0.25) is 21.8 Å². The van der Waals surface area contributed by atoms with E-state index in [1.54, 1.807) is 7.11 Å². The number of sulfonamides is 1. The van der Waals surface area contributed by atoms with Crippen molar-refractivity contribution in [3.8, 4) is 22.8 Å². The van der Waals surface area contributed by atoms with Crippen LogP contribution in [0.3, 0.4) is 0 Å². The fourth-order valence-electron chi connectivity index (χ4n) is 8.26. The number of amides is 4. The molecule has 1 unspecified atom stereocenters. The molecule has 4 aliphatic rings. The van der Waals surface area contributed by atoms with Crippen molar-refractivity contribution in [3.63, 3.8) is 0 Å². The summed E-state index contributed by atoms with van der Waals surface area (Å²) in [7, 11) is -2.24. The number of nitrogens with one attached hydrogen (secondary N) is 3. The Morgan fingerprint density at radius 2 is 1.66 bits per heavy atom. The van der Waals surface area contributed by atoms with Gasteiger partial charge in [-0.3, -0.25) is 19.1 Å². The van der Waals surface area contributed by atoms with Crippen molar-refractivity contribution < 1.29 is 41.8 Å². The summed E-state index contributed by atoms with van der Waals surface area (Å²) in [5, 5.41) is 5.79. The summed E-state index contributed by atoms with van der Waals surface area (Å²) in [5.41, 5.74) is 3.18. The lowest BCUT2D eigenvalue weighted by molar-refractivity contribution is -0.141. The summed E-state index contributed by atoms with van der Waals surface area (Å²) in [4.78, 5) is 62.3. The van der Waals surface area contributed by atoms with Gasteiger partial charge in [-0.25, -0.2) is 18.2 Å². The number of methoxy groups -OCH3 is 1. The molecule has 312 valence electrons. The number of benzene rings is 2. The second-order valence-electron chi connectivity index (χ2n) is 16.3. The average molecular weight is 818 g/mol. The molecule has 3 N–H and O–H groups in total. The predicted molar refractivity (Wildman–Crippen MR) is 218 cm³/mol. The quantitative estimate of drug-likeness (QED) is 0.295. The Bertz CT molecular complexity index is 2090. The van der Waals surface area contributed by atoms with Crippen LogP contribution in [0.4, 0.5) is 4.79 Å². The standard InChI is InChI=1S/C43H55N5O9S/c1-27-13-12-16-29-21-32-36(24-38(29)55-2)44-35(28-14-8-7-9-15-28)23-39(32)57-30-22-37-41(50)45-33(40(49)47-58(53,54)31-19-20-31)17-10-5-3-4-6-11-18-34(42(51)48(37)25-30)46-43(52)56-26-27/h7-9,14-15,21,23-24,27,30-31,33-34,37H,3-6,10-13,16-20,22,25-26H2,1-2H3,(H,45,50)(H,46,52)(H,47,49)/t27-,30-,33?,34+,37+/m1/s1. The molecule has 1 aromatic heterocycles. The number of pyridine rings is 1. The number of aromatic nitrogens is 1. The molecule has 3 fully saturated rings. The van der Waals surface area contributed by atoms with Gasteiger partial charge in [0.25, 0.3) is 5.91 Å². The molecule has 4 amide bonds. The molecule has 15 heteroatoms. The number of carbonyl (C=O) groups is 4.